The highest BCUT2D eigenvalue weighted by Gasteiger charge is 2.15. The maximum absolute atomic E-state index is 12.8. The van der Waals surface area contributed by atoms with Crippen LogP contribution in [0, 0.1) is 13.8 Å². The van der Waals surface area contributed by atoms with Crippen molar-refractivity contribution >= 4 is 47.3 Å². The molecule has 0 fully saturated rings. The predicted octanol–water partition coefficient (Wildman–Crippen LogP) is 6.58. The summed E-state index contributed by atoms with van der Waals surface area (Å²) >= 11 is 11.8. The molecule has 0 aliphatic rings. The second-order valence-corrected chi connectivity index (χ2v) is 9.69. The van der Waals surface area contributed by atoms with E-state index in [4.69, 9.17) is 37.4 Å². The van der Waals surface area contributed by atoms with Gasteiger partial charge in [0, 0.05) is 21.7 Å². The van der Waals surface area contributed by atoms with Gasteiger partial charge in [0.05, 0.1) is 17.3 Å². The Morgan fingerprint density at radius 3 is 1.93 bits per heavy atom. The second kappa shape index (κ2) is 13.6. The zero-order valence-corrected chi connectivity index (χ0v) is 23.5. The number of nitrogens with one attached hydrogen (secondary N) is 1. The van der Waals surface area contributed by atoms with Gasteiger partial charge in [0.15, 0.2) is 6.61 Å². The summed E-state index contributed by atoms with van der Waals surface area (Å²) in [5.74, 6) is -1.08. The molecular weight excluding hydrogens is 567 g/mol. The number of hydrogen-bond acceptors (Lipinski definition) is 7. The first-order valence-electron chi connectivity index (χ1n) is 12.3. The van der Waals surface area contributed by atoms with E-state index in [2.05, 4.69) is 10.5 Å². The van der Waals surface area contributed by atoms with Crippen molar-refractivity contribution < 1.29 is 28.6 Å². The van der Waals surface area contributed by atoms with Crippen molar-refractivity contribution in [3.05, 3.63) is 123 Å². The van der Waals surface area contributed by atoms with Gasteiger partial charge in [0.1, 0.15) is 17.2 Å². The molecule has 10 heteroatoms. The van der Waals surface area contributed by atoms with Gasteiger partial charge in [0.25, 0.3) is 5.91 Å². The molecular formula is C31H24Cl2N2O6. The molecule has 0 bridgehead atoms. The summed E-state index contributed by atoms with van der Waals surface area (Å²) in [5, 5.41) is 4.89. The average molecular weight is 591 g/mol. The van der Waals surface area contributed by atoms with Crippen LogP contribution in [0.1, 0.15) is 37.4 Å². The van der Waals surface area contributed by atoms with E-state index >= 15 is 0 Å². The van der Waals surface area contributed by atoms with Crippen LogP contribution in [0.5, 0.6) is 17.2 Å². The molecule has 208 valence electrons. The van der Waals surface area contributed by atoms with Crippen molar-refractivity contribution in [2.75, 3.05) is 6.61 Å². The number of aryl methyl sites for hydroxylation is 2. The number of rotatable bonds is 9. The number of esters is 2. The standard InChI is InChI=1S/C31H24Cl2N2O6/c1-19-3-13-26(15-20(19)2)39-18-29(36)35-34-17-23-8-14-27(40-30(37)21-4-9-24(32)10-5-21)16-28(23)41-31(38)22-6-11-25(33)12-7-22/h3-17H,18H2,1-2H3,(H,35,36)/b34-17+. The van der Waals surface area contributed by atoms with Gasteiger partial charge >= 0.3 is 11.9 Å². The Kier molecular flexibility index (Phi) is 9.73. The number of halogens is 2. The van der Waals surface area contributed by atoms with Crippen molar-refractivity contribution in [2.45, 2.75) is 13.8 Å². The largest absolute Gasteiger partial charge is 0.484 e. The van der Waals surface area contributed by atoms with Crippen molar-refractivity contribution in [2.24, 2.45) is 5.10 Å². The predicted molar refractivity (Wildman–Crippen MR) is 156 cm³/mol. The Morgan fingerprint density at radius 1 is 0.732 bits per heavy atom. The lowest BCUT2D eigenvalue weighted by Crippen LogP contribution is -2.24. The number of amides is 1. The summed E-state index contributed by atoms with van der Waals surface area (Å²) in [7, 11) is 0. The zero-order valence-electron chi connectivity index (χ0n) is 22.0. The van der Waals surface area contributed by atoms with E-state index in [0.717, 1.165) is 11.1 Å². The highest BCUT2D eigenvalue weighted by atomic mass is 35.5. The van der Waals surface area contributed by atoms with Gasteiger partial charge in [-0.3, -0.25) is 4.79 Å². The molecule has 0 aromatic heterocycles. The Hall–Kier alpha value is -4.66. The lowest BCUT2D eigenvalue weighted by molar-refractivity contribution is -0.123. The molecule has 1 N–H and O–H groups in total. The van der Waals surface area contributed by atoms with Crippen LogP contribution in [0.2, 0.25) is 10.0 Å². The van der Waals surface area contributed by atoms with Gasteiger partial charge in [-0.2, -0.15) is 5.10 Å². The molecule has 0 heterocycles. The number of hydrazone groups is 1. The summed E-state index contributed by atoms with van der Waals surface area (Å²) in [6, 6.07) is 22.2. The van der Waals surface area contributed by atoms with Crippen LogP contribution in [-0.2, 0) is 4.79 Å². The van der Waals surface area contributed by atoms with Crippen molar-refractivity contribution in [1.29, 1.82) is 0 Å². The Bertz CT molecular complexity index is 1600. The highest BCUT2D eigenvalue weighted by molar-refractivity contribution is 6.31. The number of carbonyl (C=O) groups excluding carboxylic acids is 3. The summed E-state index contributed by atoms with van der Waals surface area (Å²) in [6.45, 7) is 3.68. The molecule has 0 aliphatic carbocycles. The molecule has 0 aliphatic heterocycles. The fourth-order valence-electron chi connectivity index (χ4n) is 3.43. The molecule has 41 heavy (non-hydrogen) atoms. The van der Waals surface area contributed by atoms with Crippen LogP contribution in [0.25, 0.3) is 0 Å². The Balaban J connectivity index is 1.48. The minimum Gasteiger partial charge on any atom is -0.484 e. The summed E-state index contributed by atoms with van der Waals surface area (Å²) in [5.41, 5.74) is 5.39. The van der Waals surface area contributed by atoms with E-state index in [1.807, 2.05) is 26.0 Å². The minimum atomic E-state index is -0.677. The van der Waals surface area contributed by atoms with Crippen LogP contribution in [0.15, 0.2) is 90.0 Å². The molecule has 0 spiro atoms. The molecule has 0 atom stereocenters. The minimum absolute atomic E-state index is 0.0377. The number of nitrogens with zero attached hydrogens (tertiary/aromatic N) is 1. The quantitative estimate of drug-likeness (QED) is 0.102. The first kappa shape index (κ1) is 29.3. The number of benzene rings is 4. The van der Waals surface area contributed by atoms with Gasteiger partial charge < -0.3 is 14.2 Å². The molecule has 4 aromatic carbocycles. The van der Waals surface area contributed by atoms with Crippen LogP contribution < -0.4 is 19.6 Å². The van der Waals surface area contributed by atoms with Crippen LogP contribution in [0.4, 0.5) is 0 Å². The van der Waals surface area contributed by atoms with E-state index in [0.29, 0.717) is 21.4 Å². The van der Waals surface area contributed by atoms with Gasteiger partial charge in [-0.15, -0.1) is 0 Å². The molecule has 4 rings (SSSR count). The third kappa shape index (κ3) is 8.41. The van der Waals surface area contributed by atoms with E-state index in [1.54, 1.807) is 30.3 Å². The lowest BCUT2D eigenvalue weighted by atomic mass is 10.1. The average Bonchev–Trinajstić information content (AvgIpc) is 2.95. The summed E-state index contributed by atoms with van der Waals surface area (Å²) in [6.07, 6.45) is 1.29. The van der Waals surface area contributed by atoms with Gasteiger partial charge in [0.2, 0.25) is 0 Å². The first-order chi connectivity index (χ1) is 19.7. The van der Waals surface area contributed by atoms with Crippen molar-refractivity contribution in [1.82, 2.24) is 5.43 Å². The maximum Gasteiger partial charge on any atom is 0.343 e. The fourth-order valence-corrected chi connectivity index (χ4v) is 3.68. The van der Waals surface area contributed by atoms with E-state index in [1.165, 1.54) is 48.7 Å². The SMILES string of the molecule is Cc1ccc(OCC(=O)N/N=C/c2ccc(OC(=O)c3ccc(Cl)cc3)cc2OC(=O)c2ccc(Cl)cc2)cc1C. The zero-order chi connectivity index (χ0) is 29.4. The molecule has 0 radical (unpaired) electrons. The first-order valence-corrected chi connectivity index (χ1v) is 13.0. The Labute approximate surface area is 246 Å². The summed E-state index contributed by atoms with van der Waals surface area (Å²) < 4.78 is 16.5. The lowest BCUT2D eigenvalue weighted by Gasteiger charge is -2.11. The number of hydrogen-bond donors (Lipinski definition) is 1. The van der Waals surface area contributed by atoms with Gasteiger partial charge in [-0.25, -0.2) is 15.0 Å². The number of ether oxygens (including phenoxy) is 3. The van der Waals surface area contributed by atoms with E-state index < -0.39 is 17.8 Å². The Morgan fingerprint density at radius 2 is 1.32 bits per heavy atom. The molecule has 4 aromatic rings. The molecule has 1 amide bonds. The third-order valence-electron chi connectivity index (χ3n) is 5.80. The molecule has 0 saturated heterocycles. The van der Waals surface area contributed by atoms with Crippen LogP contribution >= 0.6 is 23.2 Å². The molecule has 0 unspecified atom stereocenters. The van der Waals surface area contributed by atoms with Gasteiger partial charge in [-0.05, 0) is 97.8 Å². The van der Waals surface area contributed by atoms with Crippen molar-refractivity contribution in [3.63, 3.8) is 0 Å². The summed E-state index contributed by atoms with van der Waals surface area (Å²) in [4.78, 5) is 37.6. The smallest absolute Gasteiger partial charge is 0.343 e. The second-order valence-electron chi connectivity index (χ2n) is 8.82. The molecule has 8 nitrogen and oxygen atoms in total. The monoisotopic (exact) mass is 590 g/mol. The van der Waals surface area contributed by atoms with Crippen molar-refractivity contribution in [3.8, 4) is 17.2 Å². The topological polar surface area (TPSA) is 103 Å². The van der Waals surface area contributed by atoms with Crippen LogP contribution in [0.3, 0.4) is 0 Å². The fraction of sp³-hybridized carbons (Fsp3) is 0.0968. The number of carbonyl (C=O) groups is 3. The van der Waals surface area contributed by atoms with E-state index in [9.17, 15) is 14.4 Å². The van der Waals surface area contributed by atoms with E-state index in [-0.39, 0.29) is 29.2 Å². The van der Waals surface area contributed by atoms with Gasteiger partial charge in [-0.1, -0.05) is 29.3 Å². The highest BCUT2D eigenvalue weighted by Crippen LogP contribution is 2.26. The maximum atomic E-state index is 12.8. The normalized spacial score (nSPS) is 10.7. The third-order valence-corrected chi connectivity index (χ3v) is 6.30. The van der Waals surface area contributed by atoms with Crippen LogP contribution in [-0.4, -0.2) is 30.7 Å². The molecule has 0 saturated carbocycles.